The Balaban J connectivity index is 2.73. The predicted molar refractivity (Wildman–Crippen MR) is 73.5 cm³/mol. The molecule has 0 aliphatic heterocycles. The van der Waals surface area contributed by atoms with Gasteiger partial charge in [0.05, 0.1) is 0 Å². The molecule has 96 valence electrons. The maximum Gasteiger partial charge on any atom is 0.224 e. The Morgan fingerprint density at radius 2 is 2.12 bits per heavy atom. The van der Waals surface area contributed by atoms with Crippen molar-refractivity contribution in [3.05, 3.63) is 12.3 Å². The number of aromatic nitrogens is 2. The van der Waals surface area contributed by atoms with E-state index >= 15 is 0 Å². The molecule has 0 saturated heterocycles. The van der Waals surface area contributed by atoms with E-state index in [1.165, 1.54) is 0 Å². The van der Waals surface area contributed by atoms with Gasteiger partial charge in [-0.25, -0.2) is 4.98 Å². The molecule has 0 radical (unpaired) electrons. The van der Waals surface area contributed by atoms with Crippen LogP contribution in [0.25, 0.3) is 0 Å². The highest BCUT2D eigenvalue weighted by Gasteiger charge is 2.08. The second kappa shape index (κ2) is 7.09. The van der Waals surface area contributed by atoms with Crippen molar-refractivity contribution in [3.8, 4) is 0 Å². The molecule has 0 spiro atoms. The Hall–Kier alpha value is -1.32. The van der Waals surface area contributed by atoms with Gasteiger partial charge in [0.2, 0.25) is 5.95 Å². The molecule has 0 atom stereocenters. The Kier molecular flexibility index (Phi) is 5.73. The summed E-state index contributed by atoms with van der Waals surface area (Å²) in [7, 11) is 0. The first kappa shape index (κ1) is 13.7. The molecular formula is C13H24N4. The molecule has 0 saturated carbocycles. The molecule has 0 aliphatic rings. The van der Waals surface area contributed by atoms with Crippen molar-refractivity contribution in [2.75, 3.05) is 29.9 Å². The fourth-order valence-corrected chi connectivity index (χ4v) is 1.67. The van der Waals surface area contributed by atoms with Crippen LogP contribution in [-0.4, -0.2) is 29.6 Å². The quantitative estimate of drug-likeness (QED) is 0.790. The second-order valence-corrected chi connectivity index (χ2v) is 4.60. The molecule has 1 N–H and O–H groups in total. The highest BCUT2D eigenvalue weighted by Crippen LogP contribution is 2.13. The summed E-state index contributed by atoms with van der Waals surface area (Å²) in [6.45, 7) is 11.7. The lowest BCUT2D eigenvalue weighted by Crippen LogP contribution is -2.28. The van der Waals surface area contributed by atoms with E-state index in [0.29, 0.717) is 5.92 Å². The van der Waals surface area contributed by atoms with Crippen molar-refractivity contribution in [3.63, 3.8) is 0 Å². The normalized spacial score (nSPS) is 10.6. The Morgan fingerprint density at radius 3 is 2.71 bits per heavy atom. The van der Waals surface area contributed by atoms with Gasteiger partial charge in [-0.15, -0.1) is 0 Å². The maximum atomic E-state index is 4.54. The zero-order valence-electron chi connectivity index (χ0n) is 11.4. The fraction of sp³-hybridized carbons (Fsp3) is 0.692. The largest absolute Gasteiger partial charge is 0.356 e. The van der Waals surface area contributed by atoms with E-state index in [-0.39, 0.29) is 0 Å². The molecule has 1 rings (SSSR count). The van der Waals surface area contributed by atoms with Gasteiger partial charge in [-0.05, 0) is 25.3 Å². The van der Waals surface area contributed by atoms with Crippen molar-refractivity contribution in [2.24, 2.45) is 5.92 Å². The van der Waals surface area contributed by atoms with E-state index < -0.39 is 0 Å². The number of hydrogen-bond acceptors (Lipinski definition) is 4. The fourth-order valence-electron chi connectivity index (χ4n) is 1.67. The van der Waals surface area contributed by atoms with Crippen LogP contribution in [0.5, 0.6) is 0 Å². The molecule has 0 aliphatic carbocycles. The molecule has 1 aromatic rings. The van der Waals surface area contributed by atoms with Gasteiger partial charge in [0.1, 0.15) is 5.82 Å². The van der Waals surface area contributed by atoms with Crippen molar-refractivity contribution in [2.45, 2.75) is 34.1 Å². The van der Waals surface area contributed by atoms with Gasteiger partial charge in [-0.3, -0.25) is 0 Å². The zero-order valence-corrected chi connectivity index (χ0v) is 11.4. The van der Waals surface area contributed by atoms with Gasteiger partial charge < -0.3 is 10.2 Å². The summed E-state index contributed by atoms with van der Waals surface area (Å²) in [6.07, 6.45) is 2.90. The van der Waals surface area contributed by atoms with Gasteiger partial charge in [-0.1, -0.05) is 20.8 Å². The Bertz CT molecular complexity index is 325. The third-order valence-corrected chi connectivity index (χ3v) is 2.47. The highest BCUT2D eigenvalue weighted by molar-refractivity contribution is 5.42. The molecule has 17 heavy (non-hydrogen) atoms. The second-order valence-electron chi connectivity index (χ2n) is 4.60. The van der Waals surface area contributed by atoms with E-state index in [0.717, 1.165) is 37.8 Å². The minimum atomic E-state index is 0.636. The summed E-state index contributed by atoms with van der Waals surface area (Å²) in [5, 5.41) is 3.22. The number of nitrogens with one attached hydrogen (secondary N) is 1. The van der Waals surface area contributed by atoms with Gasteiger partial charge in [-0.2, -0.15) is 4.98 Å². The third-order valence-electron chi connectivity index (χ3n) is 2.47. The molecule has 1 heterocycles. The monoisotopic (exact) mass is 236 g/mol. The molecule has 4 heteroatoms. The van der Waals surface area contributed by atoms with Crippen LogP contribution in [-0.2, 0) is 0 Å². The number of rotatable bonds is 7. The molecule has 1 aromatic heterocycles. The average Bonchev–Trinajstić information content (AvgIpc) is 2.33. The zero-order chi connectivity index (χ0) is 12.7. The topological polar surface area (TPSA) is 41.1 Å². The van der Waals surface area contributed by atoms with E-state index in [1.807, 2.05) is 12.3 Å². The predicted octanol–water partition coefficient (Wildman–Crippen LogP) is 2.78. The van der Waals surface area contributed by atoms with Crippen LogP contribution < -0.4 is 10.2 Å². The first-order valence-corrected chi connectivity index (χ1v) is 6.49. The average molecular weight is 236 g/mol. The van der Waals surface area contributed by atoms with Gasteiger partial charge in [0.15, 0.2) is 0 Å². The van der Waals surface area contributed by atoms with Crippen molar-refractivity contribution >= 4 is 11.8 Å². The molecule has 0 bridgehead atoms. The maximum absolute atomic E-state index is 4.54. The summed E-state index contributed by atoms with van der Waals surface area (Å²) in [5.41, 5.74) is 0. The SMILES string of the molecule is CCCNc1nccc(N(CC)CC(C)C)n1. The van der Waals surface area contributed by atoms with Crippen LogP contribution in [0.15, 0.2) is 12.3 Å². The third kappa shape index (κ3) is 4.59. The standard InChI is InChI=1S/C13H24N4/c1-5-8-14-13-15-9-7-12(16-13)17(6-2)10-11(3)4/h7,9,11H,5-6,8,10H2,1-4H3,(H,14,15,16). The van der Waals surface area contributed by atoms with E-state index in [9.17, 15) is 0 Å². The van der Waals surface area contributed by atoms with Gasteiger partial charge in [0, 0.05) is 25.8 Å². The van der Waals surface area contributed by atoms with Gasteiger partial charge in [0.25, 0.3) is 0 Å². The molecule has 0 fully saturated rings. The first-order chi connectivity index (χ1) is 8.17. The van der Waals surface area contributed by atoms with Gasteiger partial charge >= 0.3 is 0 Å². The summed E-state index contributed by atoms with van der Waals surface area (Å²) >= 11 is 0. The number of nitrogens with zero attached hydrogens (tertiary/aromatic N) is 3. The smallest absolute Gasteiger partial charge is 0.224 e. The van der Waals surface area contributed by atoms with Crippen molar-refractivity contribution in [1.29, 1.82) is 0 Å². The van der Waals surface area contributed by atoms with E-state index in [2.05, 4.69) is 47.9 Å². The molecule has 0 amide bonds. The van der Waals surface area contributed by atoms with Crippen LogP contribution in [0, 0.1) is 5.92 Å². The summed E-state index contributed by atoms with van der Waals surface area (Å²) in [5.74, 6) is 2.37. The number of hydrogen-bond donors (Lipinski definition) is 1. The van der Waals surface area contributed by atoms with Crippen LogP contribution in [0.3, 0.4) is 0 Å². The lowest BCUT2D eigenvalue weighted by molar-refractivity contribution is 0.614. The molecule has 0 aromatic carbocycles. The summed E-state index contributed by atoms with van der Waals surface area (Å²) in [4.78, 5) is 11.0. The minimum absolute atomic E-state index is 0.636. The van der Waals surface area contributed by atoms with Crippen molar-refractivity contribution in [1.82, 2.24) is 9.97 Å². The van der Waals surface area contributed by atoms with E-state index in [4.69, 9.17) is 0 Å². The summed E-state index contributed by atoms with van der Waals surface area (Å²) < 4.78 is 0. The van der Waals surface area contributed by atoms with Crippen molar-refractivity contribution < 1.29 is 0 Å². The van der Waals surface area contributed by atoms with Crippen LogP contribution >= 0.6 is 0 Å². The van der Waals surface area contributed by atoms with Crippen LogP contribution in [0.2, 0.25) is 0 Å². The van der Waals surface area contributed by atoms with Crippen LogP contribution in [0.1, 0.15) is 34.1 Å². The molecule has 0 unspecified atom stereocenters. The van der Waals surface area contributed by atoms with Crippen LogP contribution in [0.4, 0.5) is 11.8 Å². The minimum Gasteiger partial charge on any atom is -0.356 e. The molecule has 4 nitrogen and oxygen atoms in total. The lowest BCUT2D eigenvalue weighted by Gasteiger charge is -2.24. The lowest BCUT2D eigenvalue weighted by atomic mass is 10.2. The number of anilines is 2. The van der Waals surface area contributed by atoms with E-state index in [1.54, 1.807) is 0 Å². The highest BCUT2D eigenvalue weighted by atomic mass is 15.2. The Labute approximate surface area is 104 Å². The Morgan fingerprint density at radius 1 is 1.35 bits per heavy atom. The molecular weight excluding hydrogens is 212 g/mol. The first-order valence-electron chi connectivity index (χ1n) is 6.49. The summed E-state index contributed by atoms with van der Waals surface area (Å²) in [6, 6.07) is 1.98.